The van der Waals surface area contributed by atoms with Crippen molar-refractivity contribution in [3.8, 4) is 0 Å². The van der Waals surface area contributed by atoms with E-state index in [4.69, 9.17) is 4.74 Å². The van der Waals surface area contributed by atoms with Gasteiger partial charge in [0.2, 0.25) is 11.1 Å². The van der Waals surface area contributed by atoms with Crippen molar-refractivity contribution in [3.05, 3.63) is 24.3 Å². The molecule has 0 bridgehead atoms. The number of carbonyl (C=O) groups excluding carboxylic acids is 1. The van der Waals surface area contributed by atoms with Crippen molar-refractivity contribution >= 4 is 39.7 Å². The van der Waals surface area contributed by atoms with Crippen LogP contribution in [0.5, 0.6) is 0 Å². The Labute approximate surface area is 150 Å². The van der Waals surface area contributed by atoms with Crippen molar-refractivity contribution in [2.75, 3.05) is 19.5 Å². The largest absolute Gasteiger partial charge is 0.383 e. The zero-order chi connectivity index (χ0) is 17.8. The van der Waals surface area contributed by atoms with Crippen LogP contribution in [0.2, 0.25) is 0 Å². The SMILES string of the molecule is CCn1c2ccccc2c2nnc(SCC(=O)N[C@H](C)COC)nc21. The summed E-state index contributed by atoms with van der Waals surface area (Å²) in [5, 5.41) is 12.9. The second kappa shape index (κ2) is 7.79. The number of methoxy groups -OCH3 is 1. The third kappa shape index (κ3) is 3.74. The van der Waals surface area contributed by atoms with E-state index in [-0.39, 0.29) is 17.7 Å². The Kier molecular flexibility index (Phi) is 5.50. The third-order valence-corrected chi connectivity index (χ3v) is 4.66. The van der Waals surface area contributed by atoms with Crippen LogP contribution in [0.1, 0.15) is 13.8 Å². The molecule has 0 saturated carbocycles. The summed E-state index contributed by atoms with van der Waals surface area (Å²) in [5.74, 6) is 0.169. The van der Waals surface area contributed by atoms with Crippen molar-refractivity contribution in [3.63, 3.8) is 0 Å². The summed E-state index contributed by atoms with van der Waals surface area (Å²) < 4.78 is 7.13. The number of hydrogen-bond acceptors (Lipinski definition) is 6. The number of hydrogen-bond donors (Lipinski definition) is 1. The van der Waals surface area contributed by atoms with Gasteiger partial charge in [0, 0.05) is 25.1 Å². The summed E-state index contributed by atoms with van der Waals surface area (Å²) in [5.41, 5.74) is 2.68. The summed E-state index contributed by atoms with van der Waals surface area (Å²) in [7, 11) is 1.61. The van der Waals surface area contributed by atoms with Gasteiger partial charge in [-0.2, -0.15) is 0 Å². The molecule has 0 fully saturated rings. The molecule has 1 aromatic carbocycles. The normalized spacial score (nSPS) is 12.6. The molecule has 1 N–H and O–H groups in total. The smallest absolute Gasteiger partial charge is 0.230 e. The topological polar surface area (TPSA) is 81.9 Å². The fourth-order valence-corrected chi connectivity index (χ4v) is 3.40. The van der Waals surface area contributed by atoms with Gasteiger partial charge in [0.25, 0.3) is 0 Å². The minimum absolute atomic E-state index is 0.0257. The maximum Gasteiger partial charge on any atom is 0.230 e. The number of carbonyl (C=O) groups is 1. The van der Waals surface area contributed by atoms with Crippen LogP contribution in [-0.2, 0) is 16.1 Å². The van der Waals surface area contributed by atoms with E-state index >= 15 is 0 Å². The monoisotopic (exact) mass is 359 g/mol. The standard InChI is InChI=1S/C17H21N5O2S/c1-4-22-13-8-6-5-7-12(13)15-16(22)19-17(21-20-15)25-10-14(23)18-11(2)9-24-3/h5-8,11H,4,9-10H2,1-3H3,(H,18,23)/t11-/m1/s1. The summed E-state index contributed by atoms with van der Waals surface area (Å²) in [6, 6.07) is 8.04. The summed E-state index contributed by atoms with van der Waals surface area (Å²) in [4.78, 5) is 16.6. The van der Waals surface area contributed by atoms with Crippen LogP contribution >= 0.6 is 11.8 Å². The van der Waals surface area contributed by atoms with Gasteiger partial charge in [0.15, 0.2) is 5.65 Å². The highest BCUT2D eigenvalue weighted by Gasteiger charge is 2.15. The van der Waals surface area contributed by atoms with Gasteiger partial charge in [-0.1, -0.05) is 30.0 Å². The van der Waals surface area contributed by atoms with E-state index in [1.54, 1.807) is 7.11 Å². The van der Waals surface area contributed by atoms with Crippen LogP contribution in [0.15, 0.2) is 29.4 Å². The van der Waals surface area contributed by atoms with Crippen LogP contribution in [-0.4, -0.2) is 51.2 Å². The number of fused-ring (bicyclic) bond motifs is 3. The van der Waals surface area contributed by atoms with Crippen molar-refractivity contribution in [2.24, 2.45) is 0 Å². The van der Waals surface area contributed by atoms with Gasteiger partial charge in [-0.3, -0.25) is 4.79 Å². The fraction of sp³-hybridized carbons (Fsp3) is 0.412. The molecule has 0 unspecified atom stereocenters. The zero-order valence-corrected chi connectivity index (χ0v) is 15.3. The third-order valence-electron chi connectivity index (χ3n) is 3.83. The number of aromatic nitrogens is 4. The van der Waals surface area contributed by atoms with E-state index in [1.165, 1.54) is 11.8 Å². The molecular weight excluding hydrogens is 338 g/mol. The lowest BCUT2D eigenvalue weighted by Crippen LogP contribution is -2.36. The highest BCUT2D eigenvalue weighted by molar-refractivity contribution is 7.99. The maximum atomic E-state index is 12.0. The molecule has 3 rings (SSSR count). The molecule has 0 aliphatic rings. The first kappa shape index (κ1) is 17.6. The lowest BCUT2D eigenvalue weighted by atomic mass is 10.2. The van der Waals surface area contributed by atoms with Gasteiger partial charge in [0.1, 0.15) is 5.52 Å². The number of rotatable bonds is 7. The molecule has 0 aliphatic carbocycles. The van der Waals surface area contributed by atoms with Crippen LogP contribution < -0.4 is 5.32 Å². The molecule has 3 aromatic rings. The van der Waals surface area contributed by atoms with Crippen LogP contribution in [0.3, 0.4) is 0 Å². The van der Waals surface area contributed by atoms with Crippen molar-refractivity contribution < 1.29 is 9.53 Å². The maximum absolute atomic E-state index is 12.0. The molecule has 7 nitrogen and oxygen atoms in total. The Balaban J connectivity index is 1.79. The van der Waals surface area contributed by atoms with Crippen LogP contribution in [0.4, 0.5) is 0 Å². The quantitative estimate of drug-likeness (QED) is 0.652. The molecule has 2 aromatic heterocycles. The Bertz CT molecular complexity index is 895. The van der Waals surface area contributed by atoms with E-state index in [0.29, 0.717) is 11.8 Å². The van der Waals surface area contributed by atoms with E-state index in [1.807, 2.05) is 25.1 Å². The second-order valence-corrected chi connectivity index (χ2v) is 6.68. The molecule has 0 aliphatic heterocycles. The van der Waals surface area contributed by atoms with Gasteiger partial charge in [-0.25, -0.2) is 4.98 Å². The summed E-state index contributed by atoms with van der Waals surface area (Å²) in [6.07, 6.45) is 0. The molecule has 1 amide bonds. The Morgan fingerprint density at radius 2 is 2.16 bits per heavy atom. The molecule has 132 valence electrons. The first-order valence-electron chi connectivity index (χ1n) is 8.16. The minimum Gasteiger partial charge on any atom is -0.383 e. The van der Waals surface area contributed by atoms with E-state index in [0.717, 1.165) is 28.6 Å². The fourth-order valence-electron chi connectivity index (χ4n) is 2.81. The number of nitrogens with one attached hydrogen (secondary N) is 1. The lowest BCUT2D eigenvalue weighted by molar-refractivity contribution is -0.119. The second-order valence-electron chi connectivity index (χ2n) is 5.74. The Morgan fingerprint density at radius 3 is 2.92 bits per heavy atom. The Hall–Kier alpha value is -2.19. The number of thioether (sulfide) groups is 1. The number of para-hydroxylation sites is 1. The minimum atomic E-state index is -0.0747. The lowest BCUT2D eigenvalue weighted by Gasteiger charge is -2.11. The molecule has 0 spiro atoms. The summed E-state index contributed by atoms with van der Waals surface area (Å²) >= 11 is 1.28. The molecule has 1 atom stereocenters. The average Bonchev–Trinajstić information content (AvgIpc) is 2.93. The highest BCUT2D eigenvalue weighted by Crippen LogP contribution is 2.26. The average molecular weight is 359 g/mol. The van der Waals surface area contributed by atoms with Crippen molar-refractivity contribution in [1.29, 1.82) is 0 Å². The molecule has 0 radical (unpaired) electrons. The zero-order valence-electron chi connectivity index (χ0n) is 14.5. The Morgan fingerprint density at radius 1 is 1.36 bits per heavy atom. The number of aryl methyl sites for hydroxylation is 1. The molecule has 25 heavy (non-hydrogen) atoms. The number of amides is 1. The van der Waals surface area contributed by atoms with Crippen LogP contribution in [0, 0.1) is 0 Å². The van der Waals surface area contributed by atoms with Gasteiger partial charge in [-0.15, -0.1) is 10.2 Å². The molecule has 8 heteroatoms. The predicted octanol–water partition coefficient (Wildman–Crippen LogP) is 2.24. The number of ether oxygens (including phenoxy) is 1. The number of nitrogens with zero attached hydrogens (tertiary/aromatic N) is 4. The van der Waals surface area contributed by atoms with Gasteiger partial charge >= 0.3 is 0 Å². The van der Waals surface area contributed by atoms with E-state index in [9.17, 15) is 4.79 Å². The van der Waals surface area contributed by atoms with Gasteiger partial charge in [-0.05, 0) is 19.9 Å². The first-order valence-corrected chi connectivity index (χ1v) is 9.15. The first-order chi connectivity index (χ1) is 12.1. The van der Waals surface area contributed by atoms with Crippen molar-refractivity contribution in [1.82, 2.24) is 25.1 Å². The predicted molar refractivity (Wildman–Crippen MR) is 98.7 cm³/mol. The van der Waals surface area contributed by atoms with Crippen molar-refractivity contribution in [2.45, 2.75) is 31.6 Å². The van der Waals surface area contributed by atoms with E-state index in [2.05, 4.69) is 38.1 Å². The van der Waals surface area contributed by atoms with Gasteiger partial charge < -0.3 is 14.6 Å². The van der Waals surface area contributed by atoms with E-state index < -0.39 is 0 Å². The molecule has 0 saturated heterocycles. The molecular formula is C17H21N5O2S. The number of benzene rings is 1. The van der Waals surface area contributed by atoms with Crippen LogP contribution in [0.25, 0.3) is 22.1 Å². The van der Waals surface area contributed by atoms with Gasteiger partial charge in [0.05, 0.1) is 17.9 Å². The molecule has 2 heterocycles. The summed E-state index contributed by atoms with van der Waals surface area (Å²) in [6.45, 7) is 5.25. The highest BCUT2D eigenvalue weighted by atomic mass is 32.2.